The summed E-state index contributed by atoms with van der Waals surface area (Å²) in [5, 5.41) is 14.3. The quantitative estimate of drug-likeness (QED) is 0.475. The van der Waals surface area contributed by atoms with Crippen molar-refractivity contribution < 1.29 is 14.5 Å². The lowest BCUT2D eigenvalue weighted by molar-refractivity contribution is -0.384. The van der Waals surface area contributed by atoms with Crippen LogP contribution in [0.1, 0.15) is 5.56 Å². The molecule has 0 aliphatic rings. The van der Waals surface area contributed by atoms with Crippen LogP contribution in [0.3, 0.4) is 0 Å². The molecule has 7 nitrogen and oxygen atoms in total. The van der Waals surface area contributed by atoms with Crippen LogP contribution in [0.4, 0.5) is 5.69 Å². The van der Waals surface area contributed by atoms with Crippen LogP contribution in [0.25, 0.3) is 0 Å². The first-order chi connectivity index (χ1) is 11.0. The van der Waals surface area contributed by atoms with E-state index in [2.05, 4.69) is 26.5 Å². The Morgan fingerprint density at radius 3 is 2.48 bits per heavy atom. The molecular formula is C15H12BrN3O4. The van der Waals surface area contributed by atoms with E-state index in [-0.39, 0.29) is 12.3 Å². The zero-order valence-corrected chi connectivity index (χ0v) is 13.4. The van der Waals surface area contributed by atoms with E-state index in [1.165, 1.54) is 30.5 Å². The molecular weight excluding hydrogens is 366 g/mol. The van der Waals surface area contributed by atoms with Gasteiger partial charge in [-0.1, -0.05) is 15.9 Å². The third-order valence-corrected chi connectivity index (χ3v) is 3.22. The van der Waals surface area contributed by atoms with Crippen LogP contribution in [-0.2, 0) is 4.79 Å². The van der Waals surface area contributed by atoms with Gasteiger partial charge in [0.15, 0.2) is 6.61 Å². The molecule has 118 valence electrons. The van der Waals surface area contributed by atoms with E-state index < -0.39 is 10.8 Å². The monoisotopic (exact) mass is 377 g/mol. The van der Waals surface area contributed by atoms with Crippen molar-refractivity contribution in [3.8, 4) is 5.75 Å². The molecule has 0 unspecified atom stereocenters. The number of nitro groups is 1. The van der Waals surface area contributed by atoms with Crippen molar-refractivity contribution in [3.05, 3.63) is 68.7 Å². The van der Waals surface area contributed by atoms with Crippen LogP contribution in [0.2, 0.25) is 0 Å². The van der Waals surface area contributed by atoms with E-state index in [1.807, 2.05) is 0 Å². The summed E-state index contributed by atoms with van der Waals surface area (Å²) in [6.45, 7) is -0.167. The molecule has 0 aliphatic heterocycles. The molecule has 0 radical (unpaired) electrons. The number of carbonyl (C=O) groups excluding carboxylic acids is 1. The first-order valence-electron chi connectivity index (χ1n) is 6.49. The highest BCUT2D eigenvalue weighted by molar-refractivity contribution is 9.10. The van der Waals surface area contributed by atoms with Gasteiger partial charge in [0.25, 0.3) is 11.6 Å². The number of hydrogen-bond acceptors (Lipinski definition) is 5. The van der Waals surface area contributed by atoms with Crippen LogP contribution >= 0.6 is 15.9 Å². The molecule has 0 aromatic heterocycles. The molecule has 8 heteroatoms. The number of benzene rings is 2. The van der Waals surface area contributed by atoms with Gasteiger partial charge in [0.05, 0.1) is 11.1 Å². The number of non-ortho nitro benzene ring substituents is 1. The van der Waals surface area contributed by atoms with Gasteiger partial charge in [-0.2, -0.15) is 5.10 Å². The maximum atomic E-state index is 11.6. The molecule has 1 N–H and O–H groups in total. The summed E-state index contributed by atoms with van der Waals surface area (Å²) in [6, 6.07) is 12.9. The largest absolute Gasteiger partial charge is 0.484 e. The van der Waals surface area contributed by atoms with E-state index >= 15 is 0 Å². The van der Waals surface area contributed by atoms with Crippen molar-refractivity contribution in [3.63, 3.8) is 0 Å². The predicted molar refractivity (Wildman–Crippen MR) is 88.5 cm³/mol. The van der Waals surface area contributed by atoms with E-state index in [9.17, 15) is 14.9 Å². The highest BCUT2D eigenvalue weighted by atomic mass is 79.9. The normalized spacial score (nSPS) is 10.5. The minimum Gasteiger partial charge on any atom is -0.484 e. The number of ether oxygens (including phenoxy) is 1. The number of amides is 1. The second kappa shape index (κ2) is 8.04. The van der Waals surface area contributed by atoms with Crippen LogP contribution in [0.15, 0.2) is 58.1 Å². The van der Waals surface area contributed by atoms with Crippen molar-refractivity contribution in [2.75, 3.05) is 6.61 Å². The number of nitrogens with zero attached hydrogens (tertiary/aromatic N) is 2. The lowest BCUT2D eigenvalue weighted by Gasteiger charge is -2.04. The van der Waals surface area contributed by atoms with Gasteiger partial charge in [-0.3, -0.25) is 14.9 Å². The number of hydrogen-bond donors (Lipinski definition) is 1. The Hall–Kier alpha value is -2.74. The third-order valence-electron chi connectivity index (χ3n) is 2.69. The lowest BCUT2D eigenvalue weighted by atomic mass is 10.2. The molecule has 0 saturated heterocycles. The zero-order valence-electron chi connectivity index (χ0n) is 11.8. The molecule has 23 heavy (non-hydrogen) atoms. The molecule has 0 spiro atoms. The minimum atomic E-state index is -0.484. The second-order valence-electron chi connectivity index (χ2n) is 4.38. The van der Waals surface area contributed by atoms with Crippen LogP contribution in [0.5, 0.6) is 5.75 Å². The van der Waals surface area contributed by atoms with Crippen LogP contribution in [-0.4, -0.2) is 23.7 Å². The number of halogens is 1. The first-order valence-corrected chi connectivity index (χ1v) is 7.28. The predicted octanol–water partition coefficient (Wildman–Crippen LogP) is 2.89. The van der Waals surface area contributed by atoms with Gasteiger partial charge in [-0.25, -0.2) is 5.43 Å². The number of rotatable bonds is 6. The van der Waals surface area contributed by atoms with Gasteiger partial charge in [0.1, 0.15) is 5.75 Å². The van der Waals surface area contributed by atoms with Gasteiger partial charge < -0.3 is 4.74 Å². The Morgan fingerprint density at radius 1 is 1.22 bits per heavy atom. The molecule has 2 rings (SSSR count). The standard InChI is InChI=1S/C15H12BrN3O4/c16-12-3-7-14(8-4-12)23-10-15(20)18-17-9-11-1-5-13(6-2-11)19(21)22/h1-9H,10H2,(H,18,20)/b17-9+. The number of nitro benzene ring substituents is 1. The fourth-order valence-corrected chi connectivity index (χ4v) is 1.84. The van der Waals surface area contributed by atoms with E-state index in [0.717, 1.165) is 4.47 Å². The molecule has 0 aliphatic carbocycles. The molecule has 2 aromatic rings. The average Bonchev–Trinajstić information content (AvgIpc) is 2.55. The molecule has 1 amide bonds. The summed E-state index contributed by atoms with van der Waals surface area (Å²) < 4.78 is 6.20. The Labute approximate surface area is 140 Å². The summed E-state index contributed by atoms with van der Waals surface area (Å²) in [5.41, 5.74) is 2.94. The second-order valence-corrected chi connectivity index (χ2v) is 5.30. The van der Waals surface area contributed by atoms with Gasteiger partial charge in [0.2, 0.25) is 0 Å². The molecule has 0 heterocycles. The van der Waals surface area contributed by atoms with E-state index in [4.69, 9.17) is 4.74 Å². The van der Waals surface area contributed by atoms with E-state index in [1.54, 1.807) is 24.3 Å². The summed E-state index contributed by atoms with van der Waals surface area (Å²) in [5.74, 6) is 0.161. The summed E-state index contributed by atoms with van der Waals surface area (Å²) in [7, 11) is 0. The number of carbonyl (C=O) groups is 1. The molecule has 0 saturated carbocycles. The minimum absolute atomic E-state index is 0.00548. The van der Waals surface area contributed by atoms with E-state index in [0.29, 0.717) is 11.3 Å². The SMILES string of the molecule is O=C(COc1ccc(Br)cc1)N/N=C/c1ccc([N+](=O)[O-])cc1. The Balaban J connectivity index is 1.79. The lowest BCUT2D eigenvalue weighted by Crippen LogP contribution is -2.24. The number of hydrazone groups is 1. The maximum absolute atomic E-state index is 11.6. The number of nitrogens with one attached hydrogen (secondary N) is 1. The summed E-state index contributed by atoms with van der Waals surface area (Å²) in [6.07, 6.45) is 1.39. The first kappa shape index (κ1) is 16.6. The van der Waals surface area contributed by atoms with Gasteiger partial charge in [-0.05, 0) is 42.0 Å². The average molecular weight is 378 g/mol. The van der Waals surface area contributed by atoms with Gasteiger partial charge in [0, 0.05) is 16.6 Å². The van der Waals surface area contributed by atoms with Crippen molar-refractivity contribution >= 4 is 33.7 Å². The van der Waals surface area contributed by atoms with Crippen LogP contribution < -0.4 is 10.2 Å². The summed E-state index contributed by atoms with van der Waals surface area (Å²) >= 11 is 3.30. The van der Waals surface area contributed by atoms with Crippen molar-refractivity contribution in [2.24, 2.45) is 5.10 Å². The molecule has 2 aromatic carbocycles. The zero-order chi connectivity index (χ0) is 16.7. The molecule has 0 bridgehead atoms. The topological polar surface area (TPSA) is 93.8 Å². The Kier molecular flexibility index (Phi) is 5.81. The van der Waals surface area contributed by atoms with Crippen molar-refractivity contribution in [2.45, 2.75) is 0 Å². The fraction of sp³-hybridized carbons (Fsp3) is 0.0667. The van der Waals surface area contributed by atoms with Crippen LogP contribution in [0, 0.1) is 10.1 Å². The summed E-state index contributed by atoms with van der Waals surface area (Å²) in [4.78, 5) is 21.6. The molecule has 0 atom stereocenters. The Morgan fingerprint density at radius 2 is 1.87 bits per heavy atom. The highest BCUT2D eigenvalue weighted by Gasteiger charge is 2.03. The fourth-order valence-electron chi connectivity index (χ4n) is 1.57. The Bertz CT molecular complexity index is 715. The maximum Gasteiger partial charge on any atom is 0.277 e. The highest BCUT2D eigenvalue weighted by Crippen LogP contribution is 2.15. The van der Waals surface area contributed by atoms with Crippen molar-refractivity contribution in [1.82, 2.24) is 5.43 Å². The van der Waals surface area contributed by atoms with Crippen molar-refractivity contribution in [1.29, 1.82) is 0 Å². The van der Waals surface area contributed by atoms with Gasteiger partial charge >= 0.3 is 0 Å². The smallest absolute Gasteiger partial charge is 0.277 e. The third kappa shape index (κ3) is 5.51. The molecule has 0 fully saturated rings. The van der Waals surface area contributed by atoms with Gasteiger partial charge in [-0.15, -0.1) is 0 Å².